The van der Waals surface area contributed by atoms with Gasteiger partial charge in [0.15, 0.2) is 18.7 Å². The molecular weight excluding hydrogens is 676 g/mol. The second kappa shape index (κ2) is 20.1. The maximum Gasteiger partial charge on any atom is 0.311 e. The molecule has 2 heterocycles. The minimum absolute atomic E-state index is 0.0291. The van der Waals surface area contributed by atoms with E-state index in [1.165, 1.54) is 13.8 Å². The van der Waals surface area contributed by atoms with Gasteiger partial charge >= 0.3 is 5.97 Å². The third-order valence-corrected chi connectivity index (χ3v) is 10.5. The van der Waals surface area contributed by atoms with Gasteiger partial charge in [-0.25, -0.2) is 4.99 Å². The molecule has 0 amide bonds. The minimum Gasteiger partial charge on any atom is -0.459 e. The van der Waals surface area contributed by atoms with E-state index in [2.05, 4.69) is 4.99 Å². The van der Waals surface area contributed by atoms with Gasteiger partial charge < -0.3 is 57.8 Å². The van der Waals surface area contributed by atoms with E-state index in [1.54, 1.807) is 28.1 Å². The Bertz CT molecular complexity index is 1140. The van der Waals surface area contributed by atoms with Gasteiger partial charge in [0, 0.05) is 52.2 Å². The van der Waals surface area contributed by atoms with Crippen molar-refractivity contribution in [3.05, 3.63) is 0 Å². The van der Waals surface area contributed by atoms with E-state index in [-0.39, 0.29) is 30.7 Å². The number of nitrogens with zero attached hydrogens (tertiary/aromatic N) is 2. The van der Waals surface area contributed by atoms with Gasteiger partial charge in [0.1, 0.15) is 18.0 Å². The molecular formula is C38H70N2O12. The smallest absolute Gasteiger partial charge is 0.311 e. The molecule has 0 aromatic heterocycles. The number of carbonyl (C=O) groups is 2. The SMILES string of the molecule is CCO[C@H](CC(C)OC)OC([C@@H](C)C(=O)O[C@H](CC)[C@@](C)(O)[C@H](O)[C@@H](C)C=O)[C@H](C)[C@@H](O[C@@H]1O[C@H](C)C[C@H]2[C@H]1OC(=NC(C)C)N2C)C(C)(C)OC. The first-order chi connectivity index (χ1) is 24.2. The van der Waals surface area contributed by atoms with Crippen LogP contribution in [0.3, 0.4) is 0 Å². The molecule has 2 fully saturated rings. The van der Waals surface area contributed by atoms with Gasteiger partial charge in [-0.1, -0.05) is 20.8 Å². The highest BCUT2D eigenvalue weighted by atomic mass is 16.7. The maximum absolute atomic E-state index is 14.1. The zero-order chi connectivity index (χ0) is 39.7. The number of aliphatic hydroxyl groups excluding tert-OH is 1. The van der Waals surface area contributed by atoms with Gasteiger partial charge in [0.2, 0.25) is 0 Å². The van der Waals surface area contributed by atoms with E-state index in [4.69, 9.17) is 37.9 Å². The third-order valence-electron chi connectivity index (χ3n) is 10.5. The number of amidine groups is 1. The van der Waals surface area contributed by atoms with Gasteiger partial charge in [-0.3, -0.25) is 4.79 Å². The van der Waals surface area contributed by atoms with Gasteiger partial charge in [-0.05, 0) is 75.2 Å². The number of carbonyl (C=O) groups excluding carboxylic acids is 2. The second-order valence-electron chi connectivity index (χ2n) is 15.6. The average molecular weight is 747 g/mol. The van der Waals surface area contributed by atoms with E-state index in [9.17, 15) is 19.8 Å². The average Bonchev–Trinajstić information content (AvgIpc) is 3.39. The zero-order valence-electron chi connectivity index (χ0n) is 34.4. The highest BCUT2D eigenvalue weighted by Crippen LogP contribution is 2.38. The van der Waals surface area contributed by atoms with Crippen LogP contribution in [-0.2, 0) is 47.5 Å². The molecule has 0 saturated carbocycles. The summed E-state index contributed by atoms with van der Waals surface area (Å²) in [6.07, 6.45) is -4.77. The highest BCUT2D eigenvalue weighted by Gasteiger charge is 2.53. The van der Waals surface area contributed by atoms with E-state index >= 15 is 0 Å². The van der Waals surface area contributed by atoms with Gasteiger partial charge in [-0.2, -0.15) is 0 Å². The number of ether oxygens (including phenoxy) is 8. The van der Waals surface area contributed by atoms with Crippen molar-refractivity contribution in [1.29, 1.82) is 0 Å². The molecule has 0 aromatic carbocycles. The lowest BCUT2D eigenvalue weighted by molar-refractivity contribution is -0.294. The lowest BCUT2D eigenvalue weighted by Crippen LogP contribution is -2.58. The zero-order valence-corrected chi connectivity index (χ0v) is 34.4. The molecule has 14 atom stereocenters. The first-order valence-electron chi connectivity index (χ1n) is 18.9. The van der Waals surface area contributed by atoms with Gasteiger partial charge in [0.25, 0.3) is 6.02 Å². The Morgan fingerprint density at radius 2 is 1.75 bits per heavy atom. The fourth-order valence-electron chi connectivity index (χ4n) is 7.07. The van der Waals surface area contributed by atoms with Crippen LogP contribution >= 0.6 is 0 Å². The maximum atomic E-state index is 14.1. The molecule has 0 spiro atoms. The molecule has 14 heteroatoms. The van der Waals surface area contributed by atoms with Crippen LogP contribution in [0.25, 0.3) is 0 Å². The summed E-state index contributed by atoms with van der Waals surface area (Å²) >= 11 is 0. The second-order valence-corrected chi connectivity index (χ2v) is 15.6. The molecule has 2 saturated heterocycles. The molecule has 0 aliphatic carbocycles. The quantitative estimate of drug-likeness (QED) is 0.0926. The topological polar surface area (TPSA) is 164 Å². The van der Waals surface area contributed by atoms with E-state index in [1.807, 2.05) is 67.3 Å². The monoisotopic (exact) mass is 746 g/mol. The van der Waals surface area contributed by atoms with Crippen molar-refractivity contribution in [1.82, 2.24) is 4.90 Å². The van der Waals surface area contributed by atoms with Crippen LogP contribution in [-0.4, -0.2) is 140 Å². The first-order valence-corrected chi connectivity index (χ1v) is 18.9. The number of fused-ring (bicyclic) bond motifs is 1. The van der Waals surface area contributed by atoms with E-state index in [0.29, 0.717) is 25.3 Å². The normalized spacial score (nSPS) is 28.1. The molecule has 2 aliphatic heterocycles. The molecule has 2 N–H and O–H groups in total. The first kappa shape index (κ1) is 46.2. The summed E-state index contributed by atoms with van der Waals surface area (Å²) in [5, 5.41) is 22.1. The lowest BCUT2D eigenvalue weighted by Gasteiger charge is -2.46. The summed E-state index contributed by atoms with van der Waals surface area (Å²) in [5.74, 6) is -3.04. The van der Waals surface area contributed by atoms with E-state index < -0.39 is 78.0 Å². The number of rotatable bonds is 22. The highest BCUT2D eigenvalue weighted by molar-refractivity contribution is 5.76. The Morgan fingerprint density at radius 3 is 2.27 bits per heavy atom. The van der Waals surface area contributed by atoms with Crippen molar-refractivity contribution >= 4 is 18.3 Å². The lowest BCUT2D eigenvalue weighted by atomic mass is 9.81. The van der Waals surface area contributed by atoms with Crippen molar-refractivity contribution in [2.24, 2.45) is 22.7 Å². The fourth-order valence-corrected chi connectivity index (χ4v) is 7.07. The Balaban J connectivity index is 2.58. The van der Waals surface area contributed by atoms with Crippen molar-refractivity contribution in [3.8, 4) is 0 Å². The van der Waals surface area contributed by atoms with Crippen LogP contribution in [0.5, 0.6) is 0 Å². The molecule has 0 bridgehead atoms. The fraction of sp³-hybridized carbons (Fsp3) is 0.921. The predicted octanol–water partition coefficient (Wildman–Crippen LogP) is 4.11. The summed E-state index contributed by atoms with van der Waals surface area (Å²) in [6.45, 7) is 22.1. The van der Waals surface area contributed by atoms with Crippen LogP contribution in [0.4, 0.5) is 0 Å². The molecule has 304 valence electrons. The number of hydrogen-bond donors (Lipinski definition) is 2. The van der Waals surface area contributed by atoms with Crippen molar-refractivity contribution in [2.45, 2.75) is 181 Å². The number of methoxy groups -OCH3 is 2. The molecule has 14 nitrogen and oxygen atoms in total. The minimum atomic E-state index is -1.91. The summed E-state index contributed by atoms with van der Waals surface area (Å²) in [7, 11) is 5.17. The summed E-state index contributed by atoms with van der Waals surface area (Å²) in [5.41, 5.74) is -2.83. The number of likely N-dealkylation sites (N-methyl/N-ethyl adjacent to an activating group) is 1. The van der Waals surface area contributed by atoms with Crippen molar-refractivity contribution in [2.75, 3.05) is 27.9 Å². The Labute approximate surface area is 312 Å². The number of aliphatic hydroxyl groups is 2. The van der Waals surface area contributed by atoms with Gasteiger partial charge in [0.05, 0.1) is 48.1 Å². The van der Waals surface area contributed by atoms with Gasteiger partial charge in [-0.15, -0.1) is 0 Å². The summed E-state index contributed by atoms with van der Waals surface area (Å²) < 4.78 is 50.0. The number of aldehydes is 1. The van der Waals surface area contributed by atoms with Crippen LogP contribution in [0.2, 0.25) is 0 Å². The molecule has 52 heavy (non-hydrogen) atoms. The summed E-state index contributed by atoms with van der Waals surface area (Å²) in [4.78, 5) is 32.3. The molecule has 2 unspecified atom stereocenters. The Hall–Kier alpha value is -1.91. The van der Waals surface area contributed by atoms with Crippen LogP contribution in [0.1, 0.15) is 102 Å². The third kappa shape index (κ3) is 11.5. The van der Waals surface area contributed by atoms with Crippen LogP contribution in [0, 0.1) is 17.8 Å². The predicted molar refractivity (Wildman–Crippen MR) is 196 cm³/mol. The number of esters is 1. The molecule has 2 aliphatic rings. The molecule has 0 radical (unpaired) electrons. The van der Waals surface area contributed by atoms with E-state index in [0.717, 1.165) is 6.42 Å². The molecule has 0 aromatic rings. The van der Waals surface area contributed by atoms with Crippen molar-refractivity contribution in [3.63, 3.8) is 0 Å². The van der Waals surface area contributed by atoms with Crippen LogP contribution in [0.15, 0.2) is 4.99 Å². The number of aliphatic imine (C=N–C) groups is 1. The number of hydrogen-bond acceptors (Lipinski definition) is 13. The largest absolute Gasteiger partial charge is 0.459 e. The molecule has 2 rings (SSSR count). The Kier molecular flexibility index (Phi) is 17.9. The van der Waals surface area contributed by atoms with Crippen molar-refractivity contribution < 1.29 is 57.7 Å². The Morgan fingerprint density at radius 1 is 1.12 bits per heavy atom. The standard InChI is InChI=1S/C38H70N2O12/c1-16-28(38(12,44)32(42)22(5)20-41)49-34(43)26(9)30(50-29(47-17-2)19-23(6)45-14)25(8)33(37(10,11)46-15)52-35-31-27(18-24(7)48-35)40(13)36(51-31)39-21(3)4/h20-33,35,42,44H,16-19H2,1-15H3/t22-,23?,24+,25-,26+,27-,28+,29-,30?,31+,32+,33+,35-,38+/m0/s1. The van der Waals surface area contributed by atoms with Crippen LogP contribution < -0.4 is 0 Å². The summed E-state index contributed by atoms with van der Waals surface area (Å²) in [6, 6.07) is 0.523.